The van der Waals surface area contributed by atoms with Gasteiger partial charge in [-0.2, -0.15) is 0 Å². The van der Waals surface area contributed by atoms with Crippen molar-refractivity contribution in [3.05, 3.63) is 0 Å². The van der Waals surface area contributed by atoms with E-state index in [1.54, 1.807) is 0 Å². The van der Waals surface area contributed by atoms with Crippen molar-refractivity contribution in [2.24, 2.45) is 0 Å². The maximum absolute atomic E-state index is 10.6. The maximum Gasteiger partial charge on any atom is 0.338 e. The van der Waals surface area contributed by atoms with Crippen LogP contribution in [0.3, 0.4) is 0 Å². The number of aliphatic carboxylic acids is 1. The number of carbonyl (C=O) groups is 1. The van der Waals surface area contributed by atoms with Crippen LogP contribution in [0, 0.1) is 0 Å². The second-order valence-electron chi connectivity index (χ2n) is 3.34. The lowest BCUT2D eigenvalue weighted by Gasteiger charge is -2.26. The first kappa shape index (κ1) is 9.48. The van der Waals surface area contributed by atoms with Gasteiger partial charge in [0.25, 0.3) is 0 Å². The fourth-order valence-electron chi connectivity index (χ4n) is 1.56. The van der Waals surface area contributed by atoms with Gasteiger partial charge in [-0.25, -0.2) is 4.79 Å². The van der Waals surface area contributed by atoms with E-state index in [9.17, 15) is 15.0 Å². The Labute approximate surface area is 70.8 Å². The molecule has 4 nitrogen and oxygen atoms in total. The van der Waals surface area contributed by atoms with Crippen molar-refractivity contribution in [2.45, 2.75) is 43.8 Å². The van der Waals surface area contributed by atoms with Gasteiger partial charge >= 0.3 is 5.97 Å². The highest BCUT2D eigenvalue weighted by Gasteiger charge is 2.43. The van der Waals surface area contributed by atoms with E-state index >= 15 is 0 Å². The van der Waals surface area contributed by atoms with E-state index in [4.69, 9.17) is 5.11 Å². The zero-order chi connectivity index (χ0) is 9.19. The average molecular weight is 174 g/mol. The molecule has 3 N–H and O–H groups in total. The minimum atomic E-state index is -1.91. The summed E-state index contributed by atoms with van der Waals surface area (Å²) in [6.07, 6.45) is 1.76. The second-order valence-corrected chi connectivity index (χ2v) is 3.34. The molecular weight excluding hydrogens is 160 g/mol. The molecule has 70 valence electrons. The van der Waals surface area contributed by atoms with Gasteiger partial charge in [-0.05, 0) is 19.3 Å². The largest absolute Gasteiger partial charge is 0.479 e. The summed E-state index contributed by atoms with van der Waals surface area (Å²) >= 11 is 0. The lowest BCUT2D eigenvalue weighted by atomic mass is 9.92. The van der Waals surface area contributed by atoms with Gasteiger partial charge in [0.1, 0.15) is 0 Å². The predicted octanol–water partition coefficient (Wildman–Crippen LogP) is 0.127. The van der Waals surface area contributed by atoms with Crippen molar-refractivity contribution < 1.29 is 20.1 Å². The summed E-state index contributed by atoms with van der Waals surface area (Å²) in [5.41, 5.74) is -1.91. The molecule has 0 bridgehead atoms. The molecule has 0 spiro atoms. The SMILES string of the molecule is O=C(O)C1(O)CCCCCC1O. The number of hydrogen-bond acceptors (Lipinski definition) is 3. The van der Waals surface area contributed by atoms with Crippen LogP contribution in [0.2, 0.25) is 0 Å². The molecule has 1 fully saturated rings. The maximum atomic E-state index is 10.6. The van der Waals surface area contributed by atoms with Crippen LogP contribution in [0.5, 0.6) is 0 Å². The lowest BCUT2D eigenvalue weighted by molar-refractivity contribution is -0.172. The minimum absolute atomic E-state index is 0.156. The average Bonchev–Trinajstić information content (AvgIpc) is 2.16. The normalized spacial score (nSPS) is 37.3. The highest BCUT2D eigenvalue weighted by molar-refractivity contribution is 5.77. The number of carboxylic acid groups (broad SMARTS) is 1. The Morgan fingerprint density at radius 3 is 2.58 bits per heavy atom. The van der Waals surface area contributed by atoms with Crippen LogP contribution in [0.15, 0.2) is 0 Å². The molecule has 0 aromatic carbocycles. The van der Waals surface area contributed by atoms with E-state index in [0.717, 1.165) is 12.8 Å². The van der Waals surface area contributed by atoms with Crippen LogP contribution in [-0.2, 0) is 4.79 Å². The zero-order valence-electron chi connectivity index (χ0n) is 6.86. The highest BCUT2D eigenvalue weighted by Crippen LogP contribution is 2.27. The quantitative estimate of drug-likeness (QED) is 0.494. The van der Waals surface area contributed by atoms with Gasteiger partial charge in [-0.15, -0.1) is 0 Å². The molecule has 1 aliphatic carbocycles. The van der Waals surface area contributed by atoms with Gasteiger partial charge in [-0.1, -0.05) is 12.8 Å². The molecule has 1 rings (SSSR count). The van der Waals surface area contributed by atoms with Gasteiger partial charge in [0, 0.05) is 0 Å². The van der Waals surface area contributed by atoms with E-state index in [1.807, 2.05) is 0 Å². The molecular formula is C8H14O4. The van der Waals surface area contributed by atoms with E-state index in [-0.39, 0.29) is 6.42 Å². The number of aliphatic hydroxyl groups is 2. The Kier molecular flexibility index (Phi) is 2.69. The van der Waals surface area contributed by atoms with Crippen molar-refractivity contribution in [1.29, 1.82) is 0 Å². The highest BCUT2D eigenvalue weighted by atomic mass is 16.4. The first-order valence-corrected chi connectivity index (χ1v) is 4.21. The minimum Gasteiger partial charge on any atom is -0.479 e. The summed E-state index contributed by atoms with van der Waals surface area (Å²) in [5.74, 6) is -1.31. The molecule has 0 aromatic heterocycles. The van der Waals surface area contributed by atoms with Crippen molar-refractivity contribution in [3.8, 4) is 0 Å². The summed E-state index contributed by atoms with van der Waals surface area (Å²) in [6, 6.07) is 0. The third kappa shape index (κ3) is 1.59. The fourth-order valence-corrected chi connectivity index (χ4v) is 1.56. The molecule has 12 heavy (non-hydrogen) atoms. The molecule has 2 atom stereocenters. The zero-order valence-corrected chi connectivity index (χ0v) is 6.86. The van der Waals surface area contributed by atoms with Crippen LogP contribution < -0.4 is 0 Å². The van der Waals surface area contributed by atoms with Gasteiger partial charge in [-0.3, -0.25) is 0 Å². The molecule has 0 radical (unpaired) electrons. The van der Waals surface area contributed by atoms with E-state index in [0.29, 0.717) is 12.8 Å². The van der Waals surface area contributed by atoms with E-state index in [2.05, 4.69) is 0 Å². The van der Waals surface area contributed by atoms with Gasteiger partial charge in [0.05, 0.1) is 6.10 Å². The molecule has 0 amide bonds. The molecule has 1 aliphatic rings. The van der Waals surface area contributed by atoms with Crippen molar-refractivity contribution in [1.82, 2.24) is 0 Å². The third-order valence-electron chi connectivity index (χ3n) is 2.46. The van der Waals surface area contributed by atoms with Crippen LogP contribution in [0.4, 0.5) is 0 Å². The molecule has 0 aromatic rings. The summed E-state index contributed by atoms with van der Waals surface area (Å²) in [6.45, 7) is 0. The predicted molar refractivity (Wildman–Crippen MR) is 41.7 cm³/mol. The van der Waals surface area contributed by atoms with Crippen LogP contribution in [0.1, 0.15) is 32.1 Å². The summed E-state index contributed by atoms with van der Waals surface area (Å²) in [4.78, 5) is 10.6. The second kappa shape index (κ2) is 3.41. The summed E-state index contributed by atoms with van der Waals surface area (Å²) < 4.78 is 0. The number of rotatable bonds is 1. The van der Waals surface area contributed by atoms with Crippen molar-refractivity contribution in [3.63, 3.8) is 0 Å². The Balaban J connectivity index is 2.75. The number of aliphatic hydroxyl groups excluding tert-OH is 1. The molecule has 0 aliphatic heterocycles. The van der Waals surface area contributed by atoms with E-state index in [1.165, 1.54) is 0 Å². The summed E-state index contributed by atoms with van der Waals surface area (Å²) in [5, 5.41) is 27.6. The molecule has 2 unspecified atom stereocenters. The molecule has 0 heterocycles. The van der Waals surface area contributed by atoms with Crippen molar-refractivity contribution in [2.75, 3.05) is 0 Å². The first-order valence-electron chi connectivity index (χ1n) is 4.21. The van der Waals surface area contributed by atoms with Crippen molar-refractivity contribution >= 4 is 5.97 Å². The Bertz CT molecular complexity index is 180. The standard InChI is InChI=1S/C8H14O4/c9-6-4-2-1-3-5-8(6,12)7(10)11/h6,9,12H,1-5H2,(H,10,11). The number of carboxylic acids is 1. The fraction of sp³-hybridized carbons (Fsp3) is 0.875. The van der Waals surface area contributed by atoms with Gasteiger partial charge in [0.15, 0.2) is 5.60 Å². The number of hydrogen-bond donors (Lipinski definition) is 3. The van der Waals surface area contributed by atoms with Crippen LogP contribution >= 0.6 is 0 Å². The van der Waals surface area contributed by atoms with E-state index < -0.39 is 17.7 Å². The van der Waals surface area contributed by atoms with Gasteiger partial charge in [0.2, 0.25) is 0 Å². The third-order valence-corrected chi connectivity index (χ3v) is 2.46. The van der Waals surface area contributed by atoms with Gasteiger partial charge < -0.3 is 15.3 Å². The molecule has 1 saturated carbocycles. The Morgan fingerprint density at radius 2 is 2.00 bits per heavy atom. The summed E-state index contributed by atoms with van der Waals surface area (Å²) in [7, 11) is 0. The topological polar surface area (TPSA) is 77.8 Å². The lowest BCUT2D eigenvalue weighted by Crippen LogP contribution is -2.48. The smallest absolute Gasteiger partial charge is 0.338 e. The molecule has 4 heteroatoms. The van der Waals surface area contributed by atoms with Crippen LogP contribution in [-0.4, -0.2) is 33.0 Å². The Morgan fingerprint density at radius 1 is 1.33 bits per heavy atom. The molecule has 0 saturated heterocycles. The first-order chi connectivity index (χ1) is 5.57. The monoisotopic (exact) mass is 174 g/mol. The van der Waals surface area contributed by atoms with Crippen LogP contribution in [0.25, 0.3) is 0 Å². The Hall–Kier alpha value is -0.610.